The molecule has 1 aliphatic heterocycles. The van der Waals surface area contributed by atoms with Crippen molar-refractivity contribution < 1.29 is 9.90 Å². The zero-order valence-electron chi connectivity index (χ0n) is 7.66. The lowest BCUT2D eigenvalue weighted by Crippen LogP contribution is -2.50. The van der Waals surface area contributed by atoms with Crippen molar-refractivity contribution in [2.45, 2.75) is 13.0 Å². The zero-order valence-corrected chi connectivity index (χ0v) is 7.66. The summed E-state index contributed by atoms with van der Waals surface area (Å²) in [5.74, 6) is -0.723. The molecule has 1 saturated heterocycles. The van der Waals surface area contributed by atoms with Gasteiger partial charge in [0, 0.05) is 26.2 Å². The molecule has 1 fully saturated rings. The third-order valence-corrected chi connectivity index (χ3v) is 2.44. The minimum atomic E-state index is -0.723. The van der Waals surface area contributed by atoms with E-state index in [0.717, 1.165) is 26.2 Å². The smallest absolute Gasteiger partial charge is 0.320 e. The second kappa shape index (κ2) is 3.87. The number of piperazine rings is 1. The minimum Gasteiger partial charge on any atom is -0.480 e. The van der Waals surface area contributed by atoms with Crippen LogP contribution in [0.4, 0.5) is 0 Å². The van der Waals surface area contributed by atoms with Gasteiger partial charge in [0.15, 0.2) is 0 Å². The van der Waals surface area contributed by atoms with E-state index in [2.05, 4.69) is 11.9 Å². The van der Waals surface area contributed by atoms with Crippen molar-refractivity contribution in [3.8, 4) is 0 Å². The van der Waals surface area contributed by atoms with Crippen LogP contribution < -0.4 is 0 Å². The number of nitrogens with zero attached hydrogens (tertiary/aromatic N) is 2. The van der Waals surface area contributed by atoms with E-state index in [1.807, 2.05) is 4.90 Å². The second-order valence-corrected chi connectivity index (χ2v) is 3.35. The molecule has 0 saturated carbocycles. The second-order valence-electron chi connectivity index (χ2n) is 3.35. The maximum atomic E-state index is 10.6. The summed E-state index contributed by atoms with van der Waals surface area (Å²) in [5, 5.41) is 8.74. The van der Waals surface area contributed by atoms with Gasteiger partial charge in [0.05, 0.1) is 0 Å². The number of rotatable bonds is 2. The summed E-state index contributed by atoms with van der Waals surface area (Å²) < 4.78 is 0. The number of carboxylic acid groups (broad SMARTS) is 1. The van der Waals surface area contributed by atoms with Gasteiger partial charge in [-0.15, -0.1) is 0 Å². The first-order chi connectivity index (χ1) is 5.61. The average molecular weight is 172 g/mol. The van der Waals surface area contributed by atoms with Crippen molar-refractivity contribution in [1.82, 2.24) is 9.80 Å². The maximum absolute atomic E-state index is 10.6. The molecule has 0 aromatic carbocycles. The van der Waals surface area contributed by atoms with Crippen LogP contribution >= 0.6 is 0 Å². The zero-order chi connectivity index (χ0) is 9.14. The van der Waals surface area contributed by atoms with Gasteiger partial charge in [-0.05, 0) is 14.0 Å². The van der Waals surface area contributed by atoms with Crippen molar-refractivity contribution in [2.75, 3.05) is 33.2 Å². The van der Waals surface area contributed by atoms with Crippen LogP contribution in [0.1, 0.15) is 6.92 Å². The highest BCUT2D eigenvalue weighted by atomic mass is 16.4. The lowest BCUT2D eigenvalue weighted by Gasteiger charge is -2.34. The molecule has 0 radical (unpaired) electrons. The molecule has 1 heterocycles. The number of aliphatic carboxylic acids is 1. The fourth-order valence-corrected chi connectivity index (χ4v) is 1.37. The van der Waals surface area contributed by atoms with E-state index in [1.165, 1.54) is 0 Å². The largest absolute Gasteiger partial charge is 0.480 e. The fourth-order valence-electron chi connectivity index (χ4n) is 1.37. The monoisotopic (exact) mass is 172 g/mol. The molecule has 4 nitrogen and oxygen atoms in total. The van der Waals surface area contributed by atoms with E-state index in [9.17, 15) is 4.79 Å². The summed E-state index contributed by atoms with van der Waals surface area (Å²) in [5.41, 5.74) is 0. The Morgan fingerprint density at radius 1 is 1.33 bits per heavy atom. The van der Waals surface area contributed by atoms with Gasteiger partial charge >= 0.3 is 5.97 Å². The molecule has 0 aromatic heterocycles. The van der Waals surface area contributed by atoms with Gasteiger partial charge in [-0.25, -0.2) is 0 Å². The minimum absolute atomic E-state index is 0.335. The SMILES string of the molecule is C[C@H](C(=O)O)N1CCN(C)CC1. The van der Waals surface area contributed by atoms with Crippen LogP contribution in [-0.2, 0) is 4.79 Å². The quantitative estimate of drug-likeness (QED) is 0.621. The lowest BCUT2D eigenvalue weighted by atomic mass is 10.2. The molecule has 70 valence electrons. The van der Waals surface area contributed by atoms with E-state index in [1.54, 1.807) is 6.92 Å². The van der Waals surface area contributed by atoms with Crippen LogP contribution in [-0.4, -0.2) is 60.1 Å². The Labute approximate surface area is 72.8 Å². The van der Waals surface area contributed by atoms with Crippen LogP contribution in [0.15, 0.2) is 0 Å². The summed E-state index contributed by atoms with van der Waals surface area (Å²) in [6, 6.07) is -0.335. The molecular weight excluding hydrogens is 156 g/mol. The first-order valence-electron chi connectivity index (χ1n) is 4.26. The molecule has 0 aliphatic carbocycles. The number of hydrogen-bond acceptors (Lipinski definition) is 3. The van der Waals surface area contributed by atoms with Crippen LogP contribution in [0.3, 0.4) is 0 Å². The van der Waals surface area contributed by atoms with Gasteiger partial charge in [-0.2, -0.15) is 0 Å². The summed E-state index contributed by atoms with van der Waals surface area (Å²) >= 11 is 0. The molecule has 0 amide bonds. The Morgan fingerprint density at radius 2 is 1.83 bits per heavy atom. The standard InChI is InChI=1S/C8H16N2O2/c1-7(8(11)12)10-5-3-9(2)4-6-10/h7H,3-6H2,1-2H3,(H,11,12)/t7-/m1/s1. The van der Waals surface area contributed by atoms with Crippen molar-refractivity contribution in [2.24, 2.45) is 0 Å². The highest BCUT2D eigenvalue weighted by Crippen LogP contribution is 2.04. The Balaban J connectivity index is 2.39. The Kier molecular flexibility index (Phi) is 3.05. The first-order valence-corrected chi connectivity index (χ1v) is 4.26. The van der Waals surface area contributed by atoms with Crippen LogP contribution in [0.5, 0.6) is 0 Å². The van der Waals surface area contributed by atoms with Crippen molar-refractivity contribution in [1.29, 1.82) is 0 Å². The third kappa shape index (κ3) is 2.19. The summed E-state index contributed by atoms with van der Waals surface area (Å²) in [6.07, 6.45) is 0. The molecule has 0 spiro atoms. The summed E-state index contributed by atoms with van der Waals surface area (Å²) in [4.78, 5) is 14.8. The maximum Gasteiger partial charge on any atom is 0.320 e. The van der Waals surface area contributed by atoms with Crippen LogP contribution in [0.2, 0.25) is 0 Å². The molecule has 1 atom stereocenters. The van der Waals surface area contributed by atoms with Gasteiger partial charge in [-0.1, -0.05) is 0 Å². The fraction of sp³-hybridized carbons (Fsp3) is 0.875. The number of carboxylic acids is 1. The normalized spacial score (nSPS) is 23.8. The van der Waals surface area contributed by atoms with Crippen LogP contribution in [0, 0.1) is 0 Å². The van der Waals surface area contributed by atoms with Gasteiger partial charge in [0.1, 0.15) is 6.04 Å². The molecule has 1 aliphatic rings. The Bertz CT molecular complexity index is 164. The highest BCUT2D eigenvalue weighted by Gasteiger charge is 2.23. The Hall–Kier alpha value is -0.610. The molecule has 1 rings (SSSR count). The molecule has 12 heavy (non-hydrogen) atoms. The molecule has 1 N–H and O–H groups in total. The average Bonchev–Trinajstić information content (AvgIpc) is 2.04. The molecule has 0 bridgehead atoms. The molecule has 4 heteroatoms. The van der Waals surface area contributed by atoms with Crippen molar-refractivity contribution >= 4 is 5.97 Å². The van der Waals surface area contributed by atoms with E-state index >= 15 is 0 Å². The van der Waals surface area contributed by atoms with Gasteiger partial charge in [-0.3, -0.25) is 9.69 Å². The van der Waals surface area contributed by atoms with Gasteiger partial charge in [0.25, 0.3) is 0 Å². The predicted molar refractivity (Wildman–Crippen MR) is 46.2 cm³/mol. The third-order valence-electron chi connectivity index (χ3n) is 2.44. The van der Waals surface area contributed by atoms with E-state index in [4.69, 9.17) is 5.11 Å². The number of carbonyl (C=O) groups is 1. The molecule has 0 aromatic rings. The Morgan fingerprint density at radius 3 is 2.25 bits per heavy atom. The lowest BCUT2D eigenvalue weighted by molar-refractivity contribution is -0.143. The molecule has 0 unspecified atom stereocenters. The number of hydrogen-bond donors (Lipinski definition) is 1. The van der Waals surface area contributed by atoms with Crippen molar-refractivity contribution in [3.63, 3.8) is 0 Å². The predicted octanol–water partition coefficient (Wildman–Crippen LogP) is -0.293. The summed E-state index contributed by atoms with van der Waals surface area (Å²) in [6.45, 7) is 5.41. The van der Waals surface area contributed by atoms with E-state index in [0.29, 0.717) is 0 Å². The van der Waals surface area contributed by atoms with Gasteiger partial charge < -0.3 is 10.0 Å². The van der Waals surface area contributed by atoms with Gasteiger partial charge in [0.2, 0.25) is 0 Å². The first kappa shape index (κ1) is 9.48. The molecular formula is C8H16N2O2. The number of likely N-dealkylation sites (N-methyl/N-ethyl adjacent to an activating group) is 1. The van der Waals surface area contributed by atoms with E-state index < -0.39 is 5.97 Å². The summed E-state index contributed by atoms with van der Waals surface area (Å²) in [7, 11) is 2.06. The van der Waals surface area contributed by atoms with E-state index in [-0.39, 0.29) is 6.04 Å². The topological polar surface area (TPSA) is 43.8 Å². The highest BCUT2D eigenvalue weighted by molar-refractivity contribution is 5.72. The van der Waals surface area contributed by atoms with Crippen LogP contribution in [0.25, 0.3) is 0 Å². The van der Waals surface area contributed by atoms with Crippen molar-refractivity contribution in [3.05, 3.63) is 0 Å².